The lowest BCUT2D eigenvalue weighted by atomic mass is 9.80. The molecule has 1 N–H and O–H groups in total. The summed E-state index contributed by atoms with van der Waals surface area (Å²) in [4.78, 5) is 10.2. The molecule has 11 heavy (non-hydrogen) atoms. The highest BCUT2D eigenvalue weighted by Gasteiger charge is 2.23. The van der Waals surface area contributed by atoms with Crippen LogP contribution in [0.4, 0.5) is 0 Å². The van der Waals surface area contributed by atoms with Gasteiger partial charge in [0.2, 0.25) is 0 Å². The molecule has 0 saturated heterocycles. The van der Waals surface area contributed by atoms with Crippen LogP contribution >= 0.6 is 0 Å². The molecule has 0 aromatic heterocycles. The topological polar surface area (TPSA) is 37.3 Å². The van der Waals surface area contributed by atoms with Crippen molar-refractivity contribution in [1.82, 2.24) is 0 Å². The molecule has 1 atom stereocenters. The zero-order chi connectivity index (χ0) is 8.27. The Labute approximate surface area is 67.6 Å². The average molecular weight is 156 g/mol. The van der Waals surface area contributed by atoms with Crippen molar-refractivity contribution in [1.29, 1.82) is 0 Å². The van der Waals surface area contributed by atoms with E-state index in [1.807, 2.05) is 0 Å². The molecular formula is C9H16O2. The first kappa shape index (κ1) is 8.72. The zero-order valence-electron chi connectivity index (χ0n) is 6.99. The van der Waals surface area contributed by atoms with Crippen molar-refractivity contribution < 1.29 is 9.90 Å². The van der Waals surface area contributed by atoms with E-state index in [1.54, 1.807) is 0 Å². The number of aliphatic hydroxyl groups is 1. The highest BCUT2D eigenvalue weighted by molar-refractivity contribution is 5.56. The highest BCUT2D eigenvalue weighted by atomic mass is 16.3. The summed E-state index contributed by atoms with van der Waals surface area (Å²) in [5.41, 5.74) is 0. The Bertz CT molecular complexity index is 126. The maximum absolute atomic E-state index is 10.2. The summed E-state index contributed by atoms with van der Waals surface area (Å²) in [5, 5.41) is 9.20. The number of carbonyl (C=O) groups is 1. The lowest BCUT2D eigenvalue weighted by Gasteiger charge is -2.27. The van der Waals surface area contributed by atoms with E-state index in [4.69, 9.17) is 0 Å². The second kappa shape index (κ2) is 3.86. The van der Waals surface area contributed by atoms with E-state index in [1.165, 1.54) is 0 Å². The monoisotopic (exact) mass is 156 g/mol. The summed E-state index contributed by atoms with van der Waals surface area (Å²) in [7, 11) is 0. The van der Waals surface area contributed by atoms with E-state index >= 15 is 0 Å². The van der Waals surface area contributed by atoms with Gasteiger partial charge in [-0.1, -0.05) is 19.8 Å². The summed E-state index contributed by atoms with van der Waals surface area (Å²) in [6, 6.07) is 0. The number of carbonyl (C=O) groups excluding carboxylic acids is 1. The molecule has 0 amide bonds. The number of hydrogen-bond donors (Lipinski definition) is 1. The van der Waals surface area contributed by atoms with Crippen LogP contribution in [0.5, 0.6) is 0 Å². The minimum Gasteiger partial charge on any atom is -0.385 e. The van der Waals surface area contributed by atoms with Crippen molar-refractivity contribution in [3.8, 4) is 0 Å². The number of rotatable bonds is 2. The summed E-state index contributed by atoms with van der Waals surface area (Å²) >= 11 is 0. The molecule has 0 aromatic carbocycles. The van der Waals surface area contributed by atoms with Gasteiger partial charge >= 0.3 is 0 Å². The van der Waals surface area contributed by atoms with Gasteiger partial charge in [-0.05, 0) is 24.7 Å². The summed E-state index contributed by atoms with van der Waals surface area (Å²) in [6.07, 6.45) is 4.32. The molecule has 0 heterocycles. The van der Waals surface area contributed by atoms with Crippen molar-refractivity contribution in [2.75, 3.05) is 0 Å². The van der Waals surface area contributed by atoms with E-state index in [0.717, 1.165) is 31.6 Å². The molecule has 2 nitrogen and oxygen atoms in total. The van der Waals surface area contributed by atoms with Gasteiger partial charge in [0.15, 0.2) is 0 Å². The van der Waals surface area contributed by atoms with E-state index in [2.05, 4.69) is 6.92 Å². The molecule has 1 aliphatic carbocycles. The lowest BCUT2D eigenvalue weighted by molar-refractivity contribution is -0.118. The van der Waals surface area contributed by atoms with Crippen LogP contribution in [0.25, 0.3) is 0 Å². The van der Waals surface area contributed by atoms with Gasteiger partial charge < -0.3 is 9.90 Å². The van der Waals surface area contributed by atoms with Crippen LogP contribution in [0.3, 0.4) is 0 Å². The van der Waals surface area contributed by atoms with Crippen LogP contribution in [0.2, 0.25) is 0 Å². The third-order valence-electron chi connectivity index (χ3n) is 2.68. The fourth-order valence-electron chi connectivity index (χ4n) is 1.74. The Hall–Kier alpha value is -0.370. The Morgan fingerprint density at radius 2 is 1.91 bits per heavy atom. The van der Waals surface area contributed by atoms with Gasteiger partial charge in [0.25, 0.3) is 0 Å². The van der Waals surface area contributed by atoms with E-state index in [-0.39, 0.29) is 5.92 Å². The first-order valence-corrected chi connectivity index (χ1v) is 4.37. The molecule has 0 aliphatic heterocycles. The third kappa shape index (κ3) is 2.29. The summed E-state index contributed by atoms with van der Waals surface area (Å²) in [6.45, 7) is 2.23. The third-order valence-corrected chi connectivity index (χ3v) is 2.68. The van der Waals surface area contributed by atoms with Gasteiger partial charge in [-0.25, -0.2) is 0 Å². The van der Waals surface area contributed by atoms with Gasteiger partial charge in [0, 0.05) is 0 Å². The van der Waals surface area contributed by atoms with Gasteiger partial charge in [-0.2, -0.15) is 0 Å². The Morgan fingerprint density at radius 3 is 2.36 bits per heavy atom. The van der Waals surface area contributed by atoms with Crippen molar-refractivity contribution in [2.24, 2.45) is 11.8 Å². The zero-order valence-corrected chi connectivity index (χ0v) is 6.99. The van der Waals surface area contributed by atoms with Crippen molar-refractivity contribution >= 4 is 6.29 Å². The number of aliphatic hydroxyl groups excluding tert-OH is 1. The second-order valence-corrected chi connectivity index (χ2v) is 3.65. The Balaban J connectivity index is 2.32. The van der Waals surface area contributed by atoms with Gasteiger partial charge in [0.1, 0.15) is 12.4 Å². The fourth-order valence-corrected chi connectivity index (χ4v) is 1.74. The lowest BCUT2D eigenvalue weighted by Crippen LogP contribution is -2.25. The van der Waals surface area contributed by atoms with Gasteiger partial charge in [0.05, 0.1) is 0 Å². The van der Waals surface area contributed by atoms with Crippen molar-refractivity contribution in [3.63, 3.8) is 0 Å². The molecule has 1 unspecified atom stereocenters. The largest absolute Gasteiger partial charge is 0.385 e. The molecular weight excluding hydrogens is 140 g/mol. The standard InChI is InChI=1S/C9H16O2/c1-7-2-4-8(5-3-7)9(11)6-10/h6-9,11H,2-5H2,1H3. The predicted molar refractivity (Wildman–Crippen MR) is 43.2 cm³/mol. The summed E-state index contributed by atoms with van der Waals surface area (Å²) in [5.74, 6) is 1.02. The van der Waals surface area contributed by atoms with Crippen LogP contribution in [0, 0.1) is 11.8 Å². The molecule has 1 aliphatic rings. The van der Waals surface area contributed by atoms with Crippen molar-refractivity contribution in [3.05, 3.63) is 0 Å². The smallest absolute Gasteiger partial charge is 0.148 e. The van der Waals surface area contributed by atoms with E-state index in [0.29, 0.717) is 6.29 Å². The normalized spacial score (nSPS) is 34.7. The average Bonchev–Trinajstić information content (AvgIpc) is 2.05. The number of hydrogen-bond acceptors (Lipinski definition) is 2. The molecule has 0 aromatic rings. The van der Waals surface area contributed by atoms with Crippen LogP contribution < -0.4 is 0 Å². The molecule has 0 radical (unpaired) electrons. The highest BCUT2D eigenvalue weighted by Crippen LogP contribution is 2.29. The van der Waals surface area contributed by atoms with Gasteiger partial charge in [-0.3, -0.25) is 0 Å². The molecule has 1 fully saturated rings. The maximum Gasteiger partial charge on any atom is 0.148 e. The molecule has 64 valence electrons. The first-order chi connectivity index (χ1) is 5.24. The SMILES string of the molecule is CC1CCC(C(O)C=O)CC1. The molecule has 1 rings (SSSR count). The Kier molecular flexibility index (Phi) is 3.06. The Morgan fingerprint density at radius 1 is 1.36 bits per heavy atom. The minimum absolute atomic E-state index is 0.240. The van der Waals surface area contributed by atoms with Crippen molar-refractivity contribution in [2.45, 2.75) is 38.7 Å². The van der Waals surface area contributed by atoms with Crippen LogP contribution in [0.15, 0.2) is 0 Å². The molecule has 0 spiro atoms. The van der Waals surface area contributed by atoms with E-state index in [9.17, 15) is 9.90 Å². The quantitative estimate of drug-likeness (QED) is 0.613. The number of aldehydes is 1. The van der Waals surface area contributed by atoms with E-state index < -0.39 is 6.10 Å². The fraction of sp³-hybridized carbons (Fsp3) is 0.889. The second-order valence-electron chi connectivity index (χ2n) is 3.65. The van der Waals surface area contributed by atoms with Gasteiger partial charge in [-0.15, -0.1) is 0 Å². The van der Waals surface area contributed by atoms with Crippen LogP contribution in [-0.4, -0.2) is 17.5 Å². The first-order valence-electron chi connectivity index (χ1n) is 4.37. The molecule has 1 saturated carbocycles. The molecule has 0 bridgehead atoms. The van der Waals surface area contributed by atoms with Crippen LogP contribution in [-0.2, 0) is 4.79 Å². The maximum atomic E-state index is 10.2. The predicted octanol–water partition coefficient (Wildman–Crippen LogP) is 1.37. The minimum atomic E-state index is -0.706. The summed E-state index contributed by atoms with van der Waals surface area (Å²) < 4.78 is 0. The molecule has 2 heteroatoms. The van der Waals surface area contributed by atoms with Crippen LogP contribution in [0.1, 0.15) is 32.6 Å².